The summed E-state index contributed by atoms with van der Waals surface area (Å²) >= 11 is 4.46. The van der Waals surface area contributed by atoms with Crippen LogP contribution in [0.15, 0.2) is 146 Å². The standard InChI is InChI=1S/C24H26N4O4S.C19H18N4O2S.C13H20N2O2.C11H8N2O3S/c1-24(2,3)32-23(30)27(4)13-15-7-6-8-16(11-15)25-21(29)18-14-28-19-10-9-17(31-5)12-20(19)33-22(28)26-18;1-20-10-12-4-3-5-13(8-12)21-18(24)15-11-23-16-7-6-14(25-2)9-17(16)26-19(23)22-15;1-13(2,3)17-12(16)15(4)9-10-6-5-7-11(14)8-10;1-16-6-2-3-8-9(4-6)17-11-12-7(10(14)15)5-13(8)11/h6-12,14H,13H2,1-5H3,(H,25,29);3-9,11,20H,10H2,1-2H3,(H,21,24);5-8H,9,14H2,1-4H3;2-5H,1H3,(H,14,15). The average Bonchev–Trinajstić information content (AvgIpc) is 1.67. The normalized spacial score (nSPS) is 11.3. The first kappa shape index (κ1) is 67.1. The summed E-state index contributed by atoms with van der Waals surface area (Å²) < 4.78 is 35.1. The molecule has 0 bridgehead atoms. The Morgan fingerprint density at radius 1 is 0.516 bits per heavy atom. The molecular weight excluding hydrogens is 1250 g/mol. The Morgan fingerprint density at radius 2 is 0.882 bits per heavy atom. The minimum atomic E-state index is -1.01. The zero-order chi connectivity index (χ0) is 66.9. The van der Waals surface area contributed by atoms with Gasteiger partial charge in [0, 0.05) is 69.4 Å². The molecule has 12 rings (SSSR count). The quantitative estimate of drug-likeness (QED) is 0.0633. The molecule has 0 saturated carbocycles. The highest BCUT2D eigenvalue weighted by Crippen LogP contribution is 2.33. The number of benzene rings is 6. The Bertz CT molecular complexity index is 4680. The number of amides is 4. The van der Waals surface area contributed by atoms with Gasteiger partial charge >= 0.3 is 18.2 Å². The second-order valence-electron chi connectivity index (χ2n) is 23.2. The maximum Gasteiger partial charge on any atom is 0.410 e. The number of methoxy groups -OCH3 is 3. The molecule has 6 N–H and O–H groups in total. The lowest BCUT2D eigenvalue weighted by Gasteiger charge is -2.24. The van der Waals surface area contributed by atoms with Gasteiger partial charge in [-0.25, -0.2) is 29.3 Å². The number of aromatic nitrogens is 6. The van der Waals surface area contributed by atoms with Crippen molar-refractivity contribution in [1.82, 2.24) is 43.3 Å². The average molecular weight is 1320 g/mol. The molecule has 0 unspecified atom stereocenters. The second kappa shape index (κ2) is 28.9. The molecule has 0 aliphatic heterocycles. The molecule has 6 aromatic carbocycles. The third-order valence-corrected chi connectivity index (χ3v) is 16.6. The van der Waals surface area contributed by atoms with Gasteiger partial charge in [-0.3, -0.25) is 22.8 Å². The second-order valence-corrected chi connectivity index (χ2v) is 26.2. The lowest BCUT2D eigenvalue weighted by molar-refractivity contribution is 0.0275. The Hall–Kier alpha value is -10.3. The Labute approximate surface area is 547 Å². The summed E-state index contributed by atoms with van der Waals surface area (Å²) in [5, 5.41) is 17.8. The molecule has 93 heavy (non-hydrogen) atoms. The van der Waals surface area contributed by atoms with Crippen molar-refractivity contribution >= 4 is 127 Å². The van der Waals surface area contributed by atoms with E-state index in [2.05, 4.69) is 30.9 Å². The van der Waals surface area contributed by atoms with Crippen molar-refractivity contribution in [3.05, 3.63) is 180 Å². The number of carbonyl (C=O) groups is 5. The summed E-state index contributed by atoms with van der Waals surface area (Å²) in [6.45, 7) is 12.6. The van der Waals surface area contributed by atoms with E-state index in [9.17, 15) is 24.0 Å². The number of nitrogen functional groups attached to an aromatic ring is 1. The Morgan fingerprint density at radius 3 is 1.26 bits per heavy atom. The van der Waals surface area contributed by atoms with Gasteiger partial charge in [0.05, 0.1) is 52.0 Å². The molecule has 0 spiro atoms. The smallest absolute Gasteiger partial charge is 0.410 e. The molecule has 26 heteroatoms. The van der Waals surface area contributed by atoms with Crippen LogP contribution in [0.4, 0.5) is 26.7 Å². The number of nitrogens with one attached hydrogen (secondary N) is 3. The minimum Gasteiger partial charge on any atom is -0.497 e. The van der Waals surface area contributed by atoms with Gasteiger partial charge in [-0.05, 0) is 156 Å². The molecule has 12 aromatic rings. The predicted molar refractivity (Wildman–Crippen MR) is 366 cm³/mol. The van der Waals surface area contributed by atoms with Gasteiger partial charge in [0.2, 0.25) is 0 Å². The number of nitrogens with two attached hydrogens (primary N) is 1. The van der Waals surface area contributed by atoms with Crippen LogP contribution in [-0.4, -0.2) is 127 Å². The molecule has 0 aliphatic rings. The Balaban J connectivity index is 0.000000152. The van der Waals surface area contributed by atoms with Crippen LogP contribution in [-0.2, 0) is 29.1 Å². The van der Waals surface area contributed by atoms with E-state index >= 15 is 0 Å². The molecule has 6 aromatic heterocycles. The van der Waals surface area contributed by atoms with Crippen LogP contribution in [0.1, 0.15) is 89.7 Å². The molecule has 0 aliphatic carbocycles. The maximum absolute atomic E-state index is 12.8. The highest BCUT2D eigenvalue weighted by molar-refractivity contribution is 7.24. The van der Waals surface area contributed by atoms with E-state index in [1.807, 2.05) is 179 Å². The monoisotopic (exact) mass is 1320 g/mol. The lowest BCUT2D eigenvalue weighted by atomic mass is 10.2. The van der Waals surface area contributed by atoms with Crippen LogP contribution >= 0.6 is 34.0 Å². The van der Waals surface area contributed by atoms with E-state index in [0.717, 1.165) is 86.7 Å². The number of ether oxygens (including phenoxy) is 5. The van der Waals surface area contributed by atoms with Crippen LogP contribution in [0.3, 0.4) is 0 Å². The number of hydrogen-bond acceptors (Lipinski definition) is 18. The zero-order valence-electron chi connectivity index (χ0n) is 53.4. The number of carboxylic acids is 1. The SMILES string of the molecule is CN(Cc1cccc(N)c1)C(=O)OC(C)(C)C.CNCc1cccc(NC(=O)c2cn3c(n2)sc2cc(OC)ccc23)c1.COc1ccc2c(c1)sc1nc(C(=O)Nc3cccc(CN(C)C(=O)OC(C)(C)C)c3)cn12.COc1ccc2c(c1)sc1nc(C(=O)O)cn12. The third-order valence-electron chi connectivity index (χ3n) is 13.5. The molecule has 23 nitrogen and oxygen atoms in total. The van der Waals surface area contributed by atoms with Gasteiger partial charge in [0.25, 0.3) is 11.8 Å². The van der Waals surface area contributed by atoms with Gasteiger partial charge in [-0.15, -0.1) is 0 Å². The van der Waals surface area contributed by atoms with Gasteiger partial charge in [-0.1, -0.05) is 70.4 Å². The van der Waals surface area contributed by atoms with E-state index in [1.165, 1.54) is 50.0 Å². The van der Waals surface area contributed by atoms with Crippen LogP contribution in [0.2, 0.25) is 0 Å². The summed E-state index contributed by atoms with van der Waals surface area (Å²) in [4.78, 5) is 78.4. The number of nitrogens with zero attached hydrogens (tertiary/aromatic N) is 8. The predicted octanol–water partition coefficient (Wildman–Crippen LogP) is 13.6. The van der Waals surface area contributed by atoms with Crippen LogP contribution in [0.25, 0.3) is 45.5 Å². The van der Waals surface area contributed by atoms with Gasteiger partial charge < -0.3 is 60.3 Å². The Kier molecular flexibility index (Phi) is 20.9. The summed E-state index contributed by atoms with van der Waals surface area (Å²) in [6.07, 6.45) is 4.30. The number of carboxylic acid groups (broad SMARTS) is 1. The molecule has 0 fully saturated rings. The molecule has 0 saturated heterocycles. The van der Waals surface area contributed by atoms with E-state index in [0.29, 0.717) is 40.8 Å². The first-order valence-electron chi connectivity index (χ1n) is 29.1. The lowest BCUT2D eigenvalue weighted by Crippen LogP contribution is -2.33. The summed E-state index contributed by atoms with van der Waals surface area (Å²) in [6, 6.07) is 39.9. The van der Waals surface area contributed by atoms with Crippen molar-refractivity contribution in [2.45, 2.75) is 72.4 Å². The molecular formula is C67H72N12O11S3. The summed E-state index contributed by atoms with van der Waals surface area (Å²) in [5.41, 5.74) is 13.4. The van der Waals surface area contributed by atoms with E-state index < -0.39 is 23.3 Å². The van der Waals surface area contributed by atoms with Crippen molar-refractivity contribution in [1.29, 1.82) is 0 Å². The molecule has 484 valence electrons. The number of aromatic carboxylic acids is 1. The van der Waals surface area contributed by atoms with E-state index in [-0.39, 0.29) is 23.6 Å². The summed E-state index contributed by atoms with van der Waals surface area (Å²) in [7, 11) is 10.2. The first-order valence-corrected chi connectivity index (χ1v) is 31.5. The number of anilines is 3. The fourth-order valence-electron chi connectivity index (χ4n) is 9.30. The van der Waals surface area contributed by atoms with Gasteiger partial charge in [-0.2, -0.15) is 0 Å². The maximum atomic E-state index is 12.8. The molecule has 6 heterocycles. The zero-order valence-corrected chi connectivity index (χ0v) is 55.8. The number of fused-ring (bicyclic) bond motifs is 9. The van der Waals surface area contributed by atoms with Crippen molar-refractivity contribution in [2.24, 2.45) is 0 Å². The fourth-order valence-corrected chi connectivity index (χ4v) is 12.4. The number of hydrogen-bond donors (Lipinski definition) is 5. The van der Waals surface area contributed by atoms with Gasteiger partial charge in [0.1, 0.15) is 39.8 Å². The number of carbonyl (C=O) groups excluding carboxylic acids is 4. The van der Waals surface area contributed by atoms with Crippen LogP contribution in [0.5, 0.6) is 17.2 Å². The molecule has 4 amide bonds. The molecule has 0 radical (unpaired) electrons. The van der Waals surface area contributed by atoms with E-state index in [4.69, 9.17) is 34.5 Å². The summed E-state index contributed by atoms with van der Waals surface area (Å²) in [5.74, 6) is 0.834. The van der Waals surface area contributed by atoms with Crippen LogP contribution in [0, 0.1) is 0 Å². The van der Waals surface area contributed by atoms with Crippen molar-refractivity contribution in [3.8, 4) is 17.2 Å². The van der Waals surface area contributed by atoms with E-state index in [1.54, 1.807) is 58.3 Å². The van der Waals surface area contributed by atoms with Crippen LogP contribution < -0.4 is 35.9 Å². The number of thiazole rings is 3. The molecule has 0 atom stereocenters. The largest absolute Gasteiger partial charge is 0.497 e. The number of imidazole rings is 3. The fraction of sp³-hybridized carbons (Fsp3) is 0.254. The van der Waals surface area contributed by atoms with Gasteiger partial charge in [0.15, 0.2) is 20.6 Å². The highest BCUT2D eigenvalue weighted by Gasteiger charge is 2.23. The first-order chi connectivity index (χ1) is 44.3. The highest BCUT2D eigenvalue weighted by atomic mass is 32.1. The number of rotatable bonds is 14. The van der Waals surface area contributed by atoms with Crippen molar-refractivity contribution in [3.63, 3.8) is 0 Å². The topological polar surface area (TPSA) is 272 Å². The van der Waals surface area contributed by atoms with Crippen molar-refractivity contribution in [2.75, 3.05) is 58.8 Å². The minimum absolute atomic E-state index is 0.0639. The van der Waals surface area contributed by atoms with Crippen molar-refractivity contribution < 1.29 is 52.8 Å². The third kappa shape index (κ3) is 17.2.